The number of fused-ring (bicyclic) bond motifs is 1. The molecular formula is C23H25N3O3. The molecule has 3 aromatic rings. The van der Waals surface area contributed by atoms with E-state index in [2.05, 4.69) is 5.32 Å². The summed E-state index contributed by atoms with van der Waals surface area (Å²) in [4.78, 5) is 27.8. The summed E-state index contributed by atoms with van der Waals surface area (Å²) in [6, 6.07) is 11.6. The largest absolute Gasteiger partial charge is 0.497 e. The van der Waals surface area contributed by atoms with Crippen LogP contribution in [0.5, 0.6) is 5.75 Å². The number of rotatable bonds is 4. The molecule has 0 saturated carbocycles. The van der Waals surface area contributed by atoms with Gasteiger partial charge in [-0.25, -0.2) is 0 Å². The maximum atomic E-state index is 13.4. The van der Waals surface area contributed by atoms with Crippen LogP contribution in [0.1, 0.15) is 34.5 Å². The third kappa shape index (κ3) is 3.14. The molecule has 6 heteroatoms. The zero-order chi connectivity index (χ0) is 20.7. The Kier molecular flexibility index (Phi) is 4.78. The maximum absolute atomic E-state index is 13.4. The predicted octanol–water partition coefficient (Wildman–Crippen LogP) is 4.18. The summed E-state index contributed by atoms with van der Waals surface area (Å²) in [5, 5.41) is 3.92. The van der Waals surface area contributed by atoms with Crippen molar-refractivity contribution in [3.8, 4) is 5.75 Å². The number of aryl methyl sites for hydroxylation is 3. The van der Waals surface area contributed by atoms with Gasteiger partial charge < -0.3 is 19.5 Å². The number of hydrogen-bond donors (Lipinski definition) is 1. The molecule has 0 atom stereocenters. The molecule has 1 N–H and O–H groups in total. The van der Waals surface area contributed by atoms with Crippen molar-refractivity contribution in [2.75, 3.05) is 23.9 Å². The summed E-state index contributed by atoms with van der Waals surface area (Å²) < 4.78 is 7.25. The number of benzene rings is 2. The Labute approximate surface area is 170 Å². The van der Waals surface area contributed by atoms with Crippen LogP contribution in [0.4, 0.5) is 11.4 Å². The summed E-state index contributed by atoms with van der Waals surface area (Å²) >= 11 is 0. The molecule has 2 amide bonds. The molecule has 1 saturated heterocycles. The second kappa shape index (κ2) is 7.28. The van der Waals surface area contributed by atoms with Gasteiger partial charge >= 0.3 is 0 Å². The molecule has 0 radical (unpaired) electrons. The van der Waals surface area contributed by atoms with E-state index in [9.17, 15) is 9.59 Å². The Balaban J connectivity index is 1.90. The molecule has 1 aliphatic heterocycles. The van der Waals surface area contributed by atoms with Crippen molar-refractivity contribution >= 4 is 34.1 Å². The van der Waals surface area contributed by atoms with Gasteiger partial charge in [-0.2, -0.15) is 0 Å². The highest BCUT2D eigenvalue weighted by atomic mass is 16.5. The SMILES string of the molecule is COc1ccc2c(c1)c(N1CCCC1=O)c(C(=O)Nc1c(C)cccc1C)n2C. The number of amides is 2. The first-order valence-corrected chi connectivity index (χ1v) is 9.76. The van der Waals surface area contributed by atoms with E-state index < -0.39 is 0 Å². The number of aromatic nitrogens is 1. The number of methoxy groups -OCH3 is 1. The van der Waals surface area contributed by atoms with Crippen LogP contribution in [0.2, 0.25) is 0 Å². The van der Waals surface area contributed by atoms with Crippen LogP contribution >= 0.6 is 0 Å². The third-order valence-corrected chi connectivity index (χ3v) is 5.66. The van der Waals surface area contributed by atoms with Gasteiger partial charge in [0.15, 0.2) is 0 Å². The standard InChI is InChI=1S/C23H25N3O3/c1-14-7-5-8-15(2)20(14)24-23(28)22-21(26-12-6-9-19(26)27)17-13-16(29-4)10-11-18(17)25(22)3/h5,7-8,10-11,13H,6,9,12H2,1-4H3,(H,24,28). The van der Waals surface area contributed by atoms with Gasteiger partial charge in [0.1, 0.15) is 11.4 Å². The Morgan fingerprint density at radius 3 is 2.48 bits per heavy atom. The van der Waals surface area contributed by atoms with Crippen molar-refractivity contribution in [1.82, 2.24) is 4.57 Å². The van der Waals surface area contributed by atoms with E-state index in [1.807, 2.05) is 61.9 Å². The fourth-order valence-electron chi connectivity index (χ4n) is 4.13. The molecule has 0 bridgehead atoms. The second-order valence-electron chi connectivity index (χ2n) is 7.51. The van der Waals surface area contributed by atoms with Crippen LogP contribution in [-0.4, -0.2) is 30.0 Å². The Bertz CT molecular complexity index is 1110. The average molecular weight is 391 g/mol. The lowest BCUT2D eigenvalue weighted by atomic mass is 10.1. The van der Waals surface area contributed by atoms with Crippen molar-refractivity contribution in [3.63, 3.8) is 0 Å². The van der Waals surface area contributed by atoms with Crippen LogP contribution in [0, 0.1) is 13.8 Å². The van der Waals surface area contributed by atoms with E-state index in [1.54, 1.807) is 12.0 Å². The lowest BCUT2D eigenvalue weighted by molar-refractivity contribution is -0.117. The molecule has 1 fully saturated rings. The van der Waals surface area contributed by atoms with Crippen molar-refractivity contribution in [3.05, 3.63) is 53.2 Å². The highest BCUT2D eigenvalue weighted by molar-refractivity contribution is 6.17. The third-order valence-electron chi connectivity index (χ3n) is 5.66. The molecule has 1 aliphatic rings. The lowest BCUT2D eigenvalue weighted by Crippen LogP contribution is -2.27. The summed E-state index contributed by atoms with van der Waals surface area (Å²) in [5.41, 5.74) is 4.82. The molecule has 29 heavy (non-hydrogen) atoms. The van der Waals surface area contributed by atoms with Gasteiger partial charge in [0.25, 0.3) is 5.91 Å². The van der Waals surface area contributed by atoms with Gasteiger partial charge in [-0.15, -0.1) is 0 Å². The van der Waals surface area contributed by atoms with Gasteiger partial charge in [0.2, 0.25) is 5.91 Å². The number of carbonyl (C=O) groups is 2. The molecule has 2 heterocycles. The first-order chi connectivity index (χ1) is 13.9. The first-order valence-electron chi connectivity index (χ1n) is 9.76. The predicted molar refractivity (Wildman–Crippen MR) is 115 cm³/mol. The number of nitrogens with one attached hydrogen (secondary N) is 1. The van der Waals surface area contributed by atoms with E-state index >= 15 is 0 Å². The molecule has 1 aromatic heterocycles. The van der Waals surface area contributed by atoms with Crippen LogP contribution in [-0.2, 0) is 11.8 Å². The molecule has 4 rings (SSSR count). The Hall–Kier alpha value is -3.28. The number of para-hydroxylation sites is 1. The van der Waals surface area contributed by atoms with Crippen LogP contribution in [0.3, 0.4) is 0 Å². The van der Waals surface area contributed by atoms with Gasteiger partial charge in [0.05, 0.1) is 18.3 Å². The smallest absolute Gasteiger partial charge is 0.274 e. The van der Waals surface area contributed by atoms with E-state index in [0.717, 1.165) is 34.1 Å². The Morgan fingerprint density at radius 2 is 1.86 bits per heavy atom. The quantitative estimate of drug-likeness (QED) is 0.726. The number of nitrogens with zero attached hydrogens (tertiary/aromatic N) is 2. The number of anilines is 2. The molecule has 6 nitrogen and oxygen atoms in total. The lowest BCUT2D eigenvalue weighted by Gasteiger charge is -2.19. The van der Waals surface area contributed by atoms with E-state index in [0.29, 0.717) is 30.1 Å². The van der Waals surface area contributed by atoms with Crippen LogP contribution < -0.4 is 15.0 Å². The zero-order valence-electron chi connectivity index (χ0n) is 17.2. The normalized spacial score (nSPS) is 13.9. The summed E-state index contributed by atoms with van der Waals surface area (Å²) in [6.07, 6.45) is 1.29. The van der Waals surface area contributed by atoms with Crippen LogP contribution in [0.15, 0.2) is 36.4 Å². The molecular weight excluding hydrogens is 366 g/mol. The number of carbonyl (C=O) groups excluding carboxylic acids is 2. The molecule has 0 aliphatic carbocycles. The number of hydrogen-bond acceptors (Lipinski definition) is 3. The van der Waals surface area contributed by atoms with Crippen molar-refractivity contribution < 1.29 is 14.3 Å². The molecule has 2 aromatic carbocycles. The van der Waals surface area contributed by atoms with Gasteiger partial charge in [-0.05, 0) is 49.6 Å². The summed E-state index contributed by atoms with van der Waals surface area (Å²) in [7, 11) is 3.47. The zero-order valence-corrected chi connectivity index (χ0v) is 17.2. The minimum absolute atomic E-state index is 0.0430. The summed E-state index contributed by atoms with van der Waals surface area (Å²) in [6.45, 7) is 4.55. The van der Waals surface area contributed by atoms with Gasteiger partial charge in [0, 0.05) is 31.1 Å². The molecule has 0 unspecified atom stereocenters. The average Bonchev–Trinajstić information content (AvgIpc) is 3.24. The van der Waals surface area contributed by atoms with Crippen molar-refractivity contribution in [2.24, 2.45) is 7.05 Å². The monoisotopic (exact) mass is 391 g/mol. The minimum atomic E-state index is -0.227. The maximum Gasteiger partial charge on any atom is 0.274 e. The van der Waals surface area contributed by atoms with Crippen molar-refractivity contribution in [1.29, 1.82) is 0 Å². The van der Waals surface area contributed by atoms with E-state index in [1.165, 1.54) is 0 Å². The van der Waals surface area contributed by atoms with E-state index in [4.69, 9.17) is 4.74 Å². The van der Waals surface area contributed by atoms with Gasteiger partial charge in [-0.3, -0.25) is 9.59 Å². The molecule has 150 valence electrons. The highest BCUT2D eigenvalue weighted by Gasteiger charge is 2.31. The summed E-state index contributed by atoms with van der Waals surface area (Å²) in [5.74, 6) is 0.508. The molecule has 0 spiro atoms. The van der Waals surface area contributed by atoms with Gasteiger partial charge in [-0.1, -0.05) is 18.2 Å². The van der Waals surface area contributed by atoms with Crippen LogP contribution in [0.25, 0.3) is 10.9 Å². The minimum Gasteiger partial charge on any atom is -0.497 e. The fourth-order valence-corrected chi connectivity index (χ4v) is 4.13. The highest BCUT2D eigenvalue weighted by Crippen LogP contribution is 2.38. The van der Waals surface area contributed by atoms with E-state index in [-0.39, 0.29) is 11.8 Å². The van der Waals surface area contributed by atoms with Crippen molar-refractivity contribution in [2.45, 2.75) is 26.7 Å². The Morgan fingerprint density at radius 1 is 1.14 bits per heavy atom. The fraction of sp³-hybridized carbons (Fsp3) is 0.304. The second-order valence-corrected chi connectivity index (χ2v) is 7.51. The number of ether oxygens (including phenoxy) is 1. The first kappa shape index (κ1) is 19.1. The topological polar surface area (TPSA) is 63.6 Å².